The molecule has 0 heterocycles. The van der Waals surface area contributed by atoms with Crippen LogP contribution in [0.4, 0.5) is 0 Å². The van der Waals surface area contributed by atoms with Gasteiger partial charge in [0.05, 0.1) is 10.6 Å². The number of likely N-dealkylation sites (N-methyl/N-ethyl adjacent to an activating group) is 1. The fourth-order valence-electron chi connectivity index (χ4n) is 1.99. The third-order valence-corrected chi connectivity index (χ3v) is 4.37. The van der Waals surface area contributed by atoms with Gasteiger partial charge in [-0.2, -0.15) is 0 Å². The zero-order valence-corrected chi connectivity index (χ0v) is 13.5. The first-order valence-electron chi connectivity index (χ1n) is 6.44. The molecule has 1 amide bonds. The van der Waals surface area contributed by atoms with Crippen molar-refractivity contribution in [3.63, 3.8) is 0 Å². The Labute approximate surface area is 127 Å². The molecule has 1 saturated carbocycles. The van der Waals surface area contributed by atoms with Crippen LogP contribution in [0.1, 0.15) is 30.1 Å². The molecule has 1 aliphatic rings. The van der Waals surface area contributed by atoms with Crippen molar-refractivity contribution in [2.75, 3.05) is 13.6 Å². The van der Waals surface area contributed by atoms with E-state index in [0.29, 0.717) is 29.2 Å². The van der Waals surface area contributed by atoms with Crippen molar-refractivity contribution in [1.82, 2.24) is 10.2 Å². The second-order valence-corrected chi connectivity index (χ2v) is 6.40. The third-order valence-electron chi connectivity index (χ3n) is 3.55. The first-order chi connectivity index (χ1) is 8.99. The Morgan fingerprint density at radius 2 is 2.26 bits per heavy atom. The van der Waals surface area contributed by atoms with Gasteiger partial charge < -0.3 is 5.32 Å². The molecular weight excluding hydrogens is 328 g/mol. The molecule has 0 aliphatic heterocycles. The van der Waals surface area contributed by atoms with Gasteiger partial charge in [-0.15, -0.1) is 0 Å². The van der Waals surface area contributed by atoms with Crippen molar-refractivity contribution in [1.29, 1.82) is 0 Å². The third kappa shape index (κ3) is 3.94. The lowest BCUT2D eigenvalue weighted by Crippen LogP contribution is -2.41. The standard InChI is InChI=1S/C14H18BrClN2O/c1-9(18(2)11-4-5-11)8-17-14(19)12-7-10(15)3-6-13(12)16/h3,6-7,9,11H,4-5,8H2,1-2H3,(H,17,19). The minimum Gasteiger partial charge on any atom is -0.350 e. The van der Waals surface area contributed by atoms with Crippen LogP contribution in [-0.4, -0.2) is 36.5 Å². The quantitative estimate of drug-likeness (QED) is 0.888. The van der Waals surface area contributed by atoms with E-state index in [4.69, 9.17) is 11.6 Å². The van der Waals surface area contributed by atoms with Crippen molar-refractivity contribution in [2.45, 2.75) is 31.8 Å². The topological polar surface area (TPSA) is 32.3 Å². The van der Waals surface area contributed by atoms with E-state index < -0.39 is 0 Å². The Bertz CT molecular complexity index is 477. The number of amides is 1. The highest BCUT2D eigenvalue weighted by Gasteiger charge is 2.29. The normalized spacial score (nSPS) is 16.5. The van der Waals surface area contributed by atoms with Crippen molar-refractivity contribution in [3.8, 4) is 0 Å². The second kappa shape index (κ2) is 6.25. The van der Waals surface area contributed by atoms with Crippen LogP contribution in [0.5, 0.6) is 0 Å². The van der Waals surface area contributed by atoms with E-state index in [1.807, 2.05) is 6.07 Å². The molecule has 2 rings (SSSR count). The van der Waals surface area contributed by atoms with E-state index in [1.54, 1.807) is 12.1 Å². The van der Waals surface area contributed by atoms with E-state index in [9.17, 15) is 4.79 Å². The molecule has 1 N–H and O–H groups in total. The molecule has 0 radical (unpaired) electrons. The zero-order valence-electron chi connectivity index (χ0n) is 11.1. The lowest BCUT2D eigenvalue weighted by molar-refractivity contribution is 0.0939. The van der Waals surface area contributed by atoms with Crippen LogP contribution in [0.25, 0.3) is 0 Å². The predicted molar refractivity (Wildman–Crippen MR) is 81.7 cm³/mol. The summed E-state index contributed by atoms with van der Waals surface area (Å²) in [7, 11) is 2.11. The van der Waals surface area contributed by atoms with Crippen LogP contribution in [0.15, 0.2) is 22.7 Å². The summed E-state index contributed by atoms with van der Waals surface area (Å²) in [6, 6.07) is 6.32. The highest BCUT2D eigenvalue weighted by atomic mass is 79.9. The molecule has 3 nitrogen and oxygen atoms in total. The maximum absolute atomic E-state index is 12.1. The maximum atomic E-state index is 12.1. The highest BCUT2D eigenvalue weighted by molar-refractivity contribution is 9.10. The summed E-state index contributed by atoms with van der Waals surface area (Å²) in [4.78, 5) is 14.4. The zero-order chi connectivity index (χ0) is 14.0. The van der Waals surface area contributed by atoms with Gasteiger partial charge in [-0.05, 0) is 45.0 Å². The van der Waals surface area contributed by atoms with Crippen LogP contribution >= 0.6 is 27.5 Å². The Morgan fingerprint density at radius 1 is 1.58 bits per heavy atom. The second-order valence-electron chi connectivity index (χ2n) is 5.08. The van der Waals surface area contributed by atoms with Crippen LogP contribution in [-0.2, 0) is 0 Å². The van der Waals surface area contributed by atoms with Crippen LogP contribution in [0, 0.1) is 0 Å². The molecule has 1 aliphatic carbocycles. The molecule has 1 unspecified atom stereocenters. The largest absolute Gasteiger partial charge is 0.350 e. The number of rotatable bonds is 5. The molecule has 0 spiro atoms. The Kier molecular flexibility index (Phi) is 4.87. The van der Waals surface area contributed by atoms with Gasteiger partial charge in [0.15, 0.2) is 0 Å². The molecule has 0 saturated heterocycles. The molecule has 19 heavy (non-hydrogen) atoms. The number of hydrogen-bond donors (Lipinski definition) is 1. The van der Waals surface area contributed by atoms with Gasteiger partial charge in [-0.3, -0.25) is 9.69 Å². The minimum atomic E-state index is -0.123. The summed E-state index contributed by atoms with van der Waals surface area (Å²) < 4.78 is 0.852. The van der Waals surface area contributed by atoms with Gasteiger partial charge in [-0.25, -0.2) is 0 Å². The van der Waals surface area contributed by atoms with E-state index in [1.165, 1.54) is 12.8 Å². The number of benzene rings is 1. The van der Waals surface area contributed by atoms with Crippen LogP contribution < -0.4 is 5.32 Å². The first-order valence-corrected chi connectivity index (χ1v) is 7.61. The summed E-state index contributed by atoms with van der Waals surface area (Å²) in [6.45, 7) is 2.76. The fraction of sp³-hybridized carbons (Fsp3) is 0.500. The lowest BCUT2D eigenvalue weighted by atomic mass is 10.2. The Hall–Kier alpha value is -0.580. The van der Waals surface area contributed by atoms with Crippen molar-refractivity contribution in [3.05, 3.63) is 33.3 Å². The van der Waals surface area contributed by atoms with Crippen LogP contribution in [0.3, 0.4) is 0 Å². The Morgan fingerprint density at radius 3 is 2.89 bits per heavy atom. The van der Waals surface area contributed by atoms with E-state index in [2.05, 4.69) is 40.1 Å². The number of nitrogens with one attached hydrogen (secondary N) is 1. The summed E-state index contributed by atoms with van der Waals surface area (Å²) in [5.41, 5.74) is 0.511. The average molecular weight is 346 g/mol. The maximum Gasteiger partial charge on any atom is 0.252 e. The van der Waals surface area contributed by atoms with Gasteiger partial charge in [0, 0.05) is 23.1 Å². The summed E-state index contributed by atoms with van der Waals surface area (Å²) in [6.07, 6.45) is 2.54. The van der Waals surface area contributed by atoms with Crippen molar-refractivity contribution < 1.29 is 4.79 Å². The summed E-state index contributed by atoms with van der Waals surface area (Å²) >= 11 is 9.39. The van der Waals surface area contributed by atoms with Gasteiger partial charge >= 0.3 is 0 Å². The van der Waals surface area contributed by atoms with Gasteiger partial charge in [0.2, 0.25) is 0 Å². The first kappa shape index (κ1) is 14.8. The fourth-order valence-corrected chi connectivity index (χ4v) is 2.56. The van der Waals surface area contributed by atoms with Crippen molar-refractivity contribution >= 4 is 33.4 Å². The monoisotopic (exact) mass is 344 g/mol. The molecule has 1 aromatic carbocycles. The Balaban J connectivity index is 1.91. The minimum absolute atomic E-state index is 0.123. The molecule has 1 aromatic rings. The molecular formula is C14H18BrClN2O. The average Bonchev–Trinajstić information content (AvgIpc) is 3.21. The molecule has 1 atom stereocenters. The highest BCUT2D eigenvalue weighted by Crippen LogP contribution is 2.26. The molecule has 0 aromatic heterocycles. The molecule has 1 fully saturated rings. The van der Waals surface area contributed by atoms with E-state index in [0.717, 1.165) is 4.47 Å². The SMILES string of the molecule is CC(CNC(=O)c1cc(Br)ccc1Cl)N(C)C1CC1. The molecule has 104 valence electrons. The summed E-state index contributed by atoms with van der Waals surface area (Å²) in [5, 5.41) is 3.42. The number of hydrogen-bond acceptors (Lipinski definition) is 2. The van der Waals surface area contributed by atoms with E-state index in [-0.39, 0.29) is 5.91 Å². The number of carbonyl (C=O) groups is 1. The van der Waals surface area contributed by atoms with Gasteiger partial charge in [-0.1, -0.05) is 27.5 Å². The summed E-state index contributed by atoms with van der Waals surface area (Å²) in [5.74, 6) is -0.123. The number of halogens is 2. The number of carbonyl (C=O) groups excluding carboxylic acids is 1. The molecule has 0 bridgehead atoms. The lowest BCUT2D eigenvalue weighted by Gasteiger charge is -2.24. The van der Waals surface area contributed by atoms with Gasteiger partial charge in [0.1, 0.15) is 0 Å². The smallest absolute Gasteiger partial charge is 0.252 e. The van der Waals surface area contributed by atoms with E-state index >= 15 is 0 Å². The van der Waals surface area contributed by atoms with Gasteiger partial charge in [0.25, 0.3) is 5.91 Å². The predicted octanol–water partition coefficient (Wildman–Crippen LogP) is 3.32. The van der Waals surface area contributed by atoms with Crippen molar-refractivity contribution in [2.24, 2.45) is 0 Å². The number of nitrogens with zero attached hydrogens (tertiary/aromatic N) is 1. The van der Waals surface area contributed by atoms with Crippen LogP contribution in [0.2, 0.25) is 5.02 Å². The molecule has 5 heteroatoms.